The van der Waals surface area contributed by atoms with E-state index in [1.807, 2.05) is 6.92 Å². The quantitative estimate of drug-likeness (QED) is 0.794. The first kappa shape index (κ1) is 19.1. The molecule has 0 bridgehead atoms. The highest BCUT2D eigenvalue weighted by molar-refractivity contribution is 5.94. The Morgan fingerprint density at radius 1 is 1.04 bits per heavy atom. The lowest BCUT2D eigenvalue weighted by atomic mass is 9.81. The zero-order chi connectivity index (χ0) is 18.2. The van der Waals surface area contributed by atoms with E-state index in [1.165, 1.54) is 0 Å². The van der Waals surface area contributed by atoms with Crippen LogP contribution in [-0.2, 0) is 9.59 Å². The molecule has 1 aliphatic rings. The summed E-state index contributed by atoms with van der Waals surface area (Å²) in [5.74, 6) is 1.32. The molecule has 2 rings (SSSR count). The molecule has 6 nitrogen and oxygen atoms in total. The Hall–Kier alpha value is -2.24. The van der Waals surface area contributed by atoms with Crippen LogP contribution in [-0.4, -0.2) is 32.6 Å². The number of carbonyl (C=O) groups excluding carboxylic acids is 2. The summed E-state index contributed by atoms with van der Waals surface area (Å²) in [4.78, 5) is 24.6. The standard InChI is InChI=1S/C19H28N2O4/c1-4-11-20-18(22)13-5-7-14(8-6-13)19(23)21-16-10-9-15(24-2)12-17(16)25-3/h9-10,12-14H,4-8,11H2,1-3H3,(H,20,22)(H,21,23). The largest absolute Gasteiger partial charge is 0.497 e. The average Bonchev–Trinajstić information content (AvgIpc) is 2.66. The molecule has 6 heteroatoms. The van der Waals surface area contributed by atoms with Crippen LogP contribution in [0.15, 0.2) is 18.2 Å². The van der Waals surface area contributed by atoms with E-state index in [4.69, 9.17) is 9.47 Å². The second-order valence-electron chi connectivity index (χ2n) is 6.40. The van der Waals surface area contributed by atoms with Gasteiger partial charge in [-0.25, -0.2) is 0 Å². The van der Waals surface area contributed by atoms with Gasteiger partial charge in [-0.3, -0.25) is 9.59 Å². The van der Waals surface area contributed by atoms with E-state index in [0.29, 0.717) is 17.2 Å². The molecular weight excluding hydrogens is 320 g/mol. The van der Waals surface area contributed by atoms with Crippen molar-refractivity contribution in [2.75, 3.05) is 26.1 Å². The highest BCUT2D eigenvalue weighted by Gasteiger charge is 2.30. The summed E-state index contributed by atoms with van der Waals surface area (Å²) in [5, 5.41) is 5.88. The molecule has 2 N–H and O–H groups in total. The first-order chi connectivity index (χ1) is 12.1. The van der Waals surface area contributed by atoms with Crippen LogP contribution < -0.4 is 20.1 Å². The molecule has 138 valence electrons. The highest BCUT2D eigenvalue weighted by Crippen LogP contribution is 2.33. The van der Waals surface area contributed by atoms with Gasteiger partial charge in [-0.15, -0.1) is 0 Å². The number of amides is 2. The summed E-state index contributed by atoms with van der Waals surface area (Å²) < 4.78 is 10.5. The molecule has 2 amide bonds. The highest BCUT2D eigenvalue weighted by atomic mass is 16.5. The summed E-state index contributed by atoms with van der Waals surface area (Å²) >= 11 is 0. The lowest BCUT2D eigenvalue weighted by Gasteiger charge is -2.27. The van der Waals surface area contributed by atoms with Crippen LogP contribution >= 0.6 is 0 Å². The van der Waals surface area contributed by atoms with Gasteiger partial charge in [-0.05, 0) is 44.2 Å². The lowest BCUT2D eigenvalue weighted by molar-refractivity contribution is -0.128. The Labute approximate surface area is 149 Å². The molecule has 0 heterocycles. The van der Waals surface area contributed by atoms with E-state index in [2.05, 4.69) is 10.6 Å². The van der Waals surface area contributed by atoms with E-state index in [-0.39, 0.29) is 23.7 Å². The maximum atomic E-state index is 12.5. The fraction of sp³-hybridized carbons (Fsp3) is 0.579. The van der Waals surface area contributed by atoms with Crippen molar-refractivity contribution in [2.24, 2.45) is 11.8 Å². The predicted molar refractivity (Wildman–Crippen MR) is 96.9 cm³/mol. The smallest absolute Gasteiger partial charge is 0.227 e. The molecule has 1 saturated carbocycles. The number of benzene rings is 1. The van der Waals surface area contributed by atoms with Gasteiger partial charge in [-0.2, -0.15) is 0 Å². The number of nitrogens with one attached hydrogen (secondary N) is 2. The number of methoxy groups -OCH3 is 2. The third-order valence-corrected chi connectivity index (χ3v) is 4.68. The minimum atomic E-state index is -0.0676. The number of hydrogen-bond acceptors (Lipinski definition) is 4. The molecule has 25 heavy (non-hydrogen) atoms. The lowest BCUT2D eigenvalue weighted by Crippen LogP contribution is -2.35. The summed E-state index contributed by atoms with van der Waals surface area (Å²) in [7, 11) is 3.15. The van der Waals surface area contributed by atoms with Gasteiger partial charge in [0.25, 0.3) is 0 Å². The first-order valence-corrected chi connectivity index (χ1v) is 8.89. The Bertz CT molecular complexity index is 595. The Morgan fingerprint density at radius 2 is 1.68 bits per heavy atom. The predicted octanol–water partition coefficient (Wildman–Crippen LogP) is 2.97. The number of carbonyl (C=O) groups is 2. The number of hydrogen-bond donors (Lipinski definition) is 2. The molecule has 0 radical (unpaired) electrons. The van der Waals surface area contributed by atoms with Gasteiger partial charge >= 0.3 is 0 Å². The van der Waals surface area contributed by atoms with Crippen molar-refractivity contribution >= 4 is 17.5 Å². The van der Waals surface area contributed by atoms with Crippen LogP contribution in [0.4, 0.5) is 5.69 Å². The molecule has 1 fully saturated rings. The number of anilines is 1. The number of ether oxygens (including phenoxy) is 2. The molecule has 0 unspecified atom stereocenters. The maximum absolute atomic E-state index is 12.5. The fourth-order valence-electron chi connectivity index (χ4n) is 3.15. The number of rotatable bonds is 7. The SMILES string of the molecule is CCCNC(=O)C1CCC(C(=O)Nc2ccc(OC)cc2OC)CC1. The van der Waals surface area contributed by atoms with Crippen molar-refractivity contribution in [1.82, 2.24) is 5.32 Å². The summed E-state index contributed by atoms with van der Waals surface area (Å²) in [6.45, 7) is 2.76. The molecule has 0 saturated heterocycles. The van der Waals surface area contributed by atoms with Gasteiger partial charge in [0, 0.05) is 24.4 Å². The topological polar surface area (TPSA) is 76.7 Å². The molecule has 1 aromatic rings. The van der Waals surface area contributed by atoms with Crippen molar-refractivity contribution in [3.05, 3.63) is 18.2 Å². The molecular formula is C19H28N2O4. The van der Waals surface area contributed by atoms with Crippen molar-refractivity contribution in [1.29, 1.82) is 0 Å². The van der Waals surface area contributed by atoms with Gasteiger partial charge in [0.15, 0.2) is 0 Å². The van der Waals surface area contributed by atoms with Crippen LogP contribution in [0.25, 0.3) is 0 Å². The van der Waals surface area contributed by atoms with E-state index in [1.54, 1.807) is 32.4 Å². The Balaban J connectivity index is 1.90. The maximum Gasteiger partial charge on any atom is 0.227 e. The minimum absolute atomic E-state index is 0.0177. The van der Waals surface area contributed by atoms with Crippen LogP contribution in [0.1, 0.15) is 39.0 Å². The minimum Gasteiger partial charge on any atom is -0.497 e. The molecule has 0 aliphatic heterocycles. The summed E-state index contributed by atoms with van der Waals surface area (Å²) in [6.07, 6.45) is 3.91. The molecule has 1 aliphatic carbocycles. The Morgan fingerprint density at radius 3 is 2.24 bits per heavy atom. The second kappa shape index (κ2) is 9.30. The monoisotopic (exact) mass is 348 g/mol. The van der Waals surface area contributed by atoms with Crippen LogP contribution in [0.3, 0.4) is 0 Å². The third kappa shape index (κ3) is 5.11. The van der Waals surface area contributed by atoms with E-state index >= 15 is 0 Å². The van der Waals surface area contributed by atoms with Crippen molar-refractivity contribution in [2.45, 2.75) is 39.0 Å². The second-order valence-corrected chi connectivity index (χ2v) is 6.40. The van der Waals surface area contributed by atoms with Crippen molar-refractivity contribution in [3.63, 3.8) is 0 Å². The van der Waals surface area contributed by atoms with Gasteiger partial charge in [0.2, 0.25) is 11.8 Å². The molecule has 0 atom stereocenters. The summed E-state index contributed by atoms with van der Waals surface area (Å²) in [5.41, 5.74) is 0.635. The van der Waals surface area contributed by atoms with Crippen molar-refractivity contribution < 1.29 is 19.1 Å². The molecule has 0 aromatic heterocycles. The fourth-order valence-corrected chi connectivity index (χ4v) is 3.15. The molecule has 0 spiro atoms. The van der Waals surface area contributed by atoms with Gasteiger partial charge in [0.1, 0.15) is 11.5 Å². The molecule has 1 aromatic carbocycles. The van der Waals surface area contributed by atoms with Gasteiger partial charge < -0.3 is 20.1 Å². The Kier molecular flexibility index (Phi) is 7.10. The van der Waals surface area contributed by atoms with Gasteiger partial charge in [0.05, 0.1) is 19.9 Å². The zero-order valence-electron chi connectivity index (χ0n) is 15.3. The van der Waals surface area contributed by atoms with E-state index in [9.17, 15) is 9.59 Å². The normalized spacial score (nSPS) is 19.8. The average molecular weight is 348 g/mol. The van der Waals surface area contributed by atoms with E-state index < -0.39 is 0 Å². The van der Waals surface area contributed by atoms with Crippen LogP contribution in [0, 0.1) is 11.8 Å². The van der Waals surface area contributed by atoms with Crippen molar-refractivity contribution in [3.8, 4) is 11.5 Å². The zero-order valence-corrected chi connectivity index (χ0v) is 15.3. The van der Waals surface area contributed by atoms with Crippen LogP contribution in [0.5, 0.6) is 11.5 Å². The summed E-state index contributed by atoms with van der Waals surface area (Å²) in [6, 6.07) is 5.30. The van der Waals surface area contributed by atoms with E-state index in [0.717, 1.165) is 38.6 Å². The third-order valence-electron chi connectivity index (χ3n) is 4.68. The first-order valence-electron chi connectivity index (χ1n) is 8.89. The van der Waals surface area contributed by atoms with Gasteiger partial charge in [-0.1, -0.05) is 6.92 Å². The van der Waals surface area contributed by atoms with Crippen LogP contribution in [0.2, 0.25) is 0 Å².